The van der Waals surface area contributed by atoms with Crippen molar-refractivity contribution in [2.45, 2.75) is 0 Å². The van der Waals surface area contributed by atoms with Gasteiger partial charge in [0.1, 0.15) is 18.1 Å². The lowest BCUT2D eigenvalue weighted by atomic mass is 10.1. The van der Waals surface area contributed by atoms with Crippen LogP contribution in [0.1, 0.15) is 5.56 Å². The topological polar surface area (TPSA) is 63.6 Å². The van der Waals surface area contributed by atoms with E-state index in [1.165, 1.54) is 7.11 Å². The summed E-state index contributed by atoms with van der Waals surface area (Å²) in [5.74, 6) is 2.86. The van der Waals surface area contributed by atoms with Gasteiger partial charge in [-0.15, -0.1) is 0 Å². The molecule has 0 bridgehead atoms. The fourth-order valence-electron chi connectivity index (χ4n) is 3.50. The second kappa shape index (κ2) is 7.90. The third kappa shape index (κ3) is 3.41. The largest absolute Gasteiger partial charge is 0.493 e. The molecule has 0 unspecified atom stereocenters. The third-order valence-electron chi connectivity index (χ3n) is 4.94. The molecule has 1 fully saturated rings. The highest BCUT2D eigenvalue weighted by Crippen LogP contribution is 2.42. The molecule has 1 amide bonds. The van der Waals surface area contributed by atoms with Gasteiger partial charge in [-0.05, 0) is 24.3 Å². The third-order valence-corrected chi connectivity index (χ3v) is 4.94. The first kappa shape index (κ1) is 18.3. The number of carbonyl (C=O) groups excluding carboxylic acids is 1. The van der Waals surface area contributed by atoms with E-state index in [2.05, 4.69) is 4.90 Å². The molecule has 146 valence electrons. The molecule has 2 aliphatic heterocycles. The summed E-state index contributed by atoms with van der Waals surface area (Å²) in [6, 6.07) is 13.5. The van der Waals surface area contributed by atoms with Gasteiger partial charge in [-0.25, -0.2) is 4.99 Å². The second-order valence-corrected chi connectivity index (χ2v) is 6.64. The van der Waals surface area contributed by atoms with Gasteiger partial charge in [0.25, 0.3) is 0 Å². The zero-order valence-corrected chi connectivity index (χ0v) is 16.1. The van der Waals surface area contributed by atoms with Crippen LogP contribution in [0.5, 0.6) is 17.2 Å². The van der Waals surface area contributed by atoms with Crippen LogP contribution >= 0.6 is 0 Å². The quantitative estimate of drug-likeness (QED) is 0.818. The number of rotatable bonds is 3. The summed E-state index contributed by atoms with van der Waals surface area (Å²) < 4.78 is 16.7. The van der Waals surface area contributed by atoms with Crippen LogP contribution in [0, 0.1) is 0 Å². The van der Waals surface area contributed by atoms with Crippen molar-refractivity contribution in [3.63, 3.8) is 0 Å². The molecular formula is C21H23N3O4. The number of piperazine rings is 1. The minimum absolute atomic E-state index is 0.0145. The Kier molecular flexibility index (Phi) is 5.16. The number of methoxy groups -OCH3 is 2. The van der Waals surface area contributed by atoms with Crippen molar-refractivity contribution in [1.82, 2.24) is 9.80 Å². The number of amidine groups is 1. The maximum absolute atomic E-state index is 12.1. The van der Waals surface area contributed by atoms with Gasteiger partial charge in [0, 0.05) is 33.3 Å². The van der Waals surface area contributed by atoms with Gasteiger partial charge in [-0.3, -0.25) is 4.79 Å². The molecule has 0 N–H and O–H groups in total. The van der Waals surface area contributed by atoms with E-state index in [9.17, 15) is 4.79 Å². The lowest BCUT2D eigenvalue weighted by molar-refractivity contribution is -0.136. The van der Waals surface area contributed by atoms with Crippen LogP contribution in [0.25, 0.3) is 0 Å². The number of hydrogen-bond donors (Lipinski definition) is 0. The molecule has 0 aliphatic carbocycles. The van der Waals surface area contributed by atoms with E-state index in [0.29, 0.717) is 43.4 Å². The molecule has 2 aliphatic rings. The van der Waals surface area contributed by atoms with Gasteiger partial charge in [0.15, 0.2) is 17.2 Å². The molecule has 7 heteroatoms. The molecule has 0 radical (unpaired) electrons. The van der Waals surface area contributed by atoms with Crippen molar-refractivity contribution in [2.24, 2.45) is 4.99 Å². The monoisotopic (exact) mass is 381 g/mol. The number of nitrogens with zero attached hydrogens (tertiary/aromatic N) is 3. The first-order valence-corrected chi connectivity index (χ1v) is 9.26. The van der Waals surface area contributed by atoms with E-state index in [0.717, 1.165) is 17.1 Å². The van der Waals surface area contributed by atoms with Crippen LogP contribution in [0.4, 0.5) is 5.69 Å². The molecule has 0 saturated carbocycles. The summed E-state index contributed by atoms with van der Waals surface area (Å²) in [7, 11) is 3.17. The Morgan fingerprint density at radius 3 is 2.61 bits per heavy atom. The van der Waals surface area contributed by atoms with E-state index >= 15 is 0 Å². The number of fused-ring (bicyclic) bond motifs is 2. The molecule has 2 heterocycles. The summed E-state index contributed by atoms with van der Waals surface area (Å²) in [5.41, 5.74) is 1.65. The van der Waals surface area contributed by atoms with Crippen molar-refractivity contribution in [1.29, 1.82) is 0 Å². The van der Waals surface area contributed by atoms with Gasteiger partial charge < -0.3 is 24.0 Å². The normalized spacial score (nSPS) is 15.7. The van der Waals surface area contributed by atoms with E-state index in [-0.39, 0.29) is 12.5 Å². The Hall–Kier alpha value is -3.06. The summed E-state index contributed by atoms with van der Waals surface area (Å²) in [6.07, 6.45) is 0. The fraction of sp³-hybridized carbons (Fsp3) is 0.333. The fourth-order valence-corrected chi connectivity index (χ4v) is 3.50. The number of para-hydroxylation sites is 3. The minimum atomic E-state index is 0.0145. The van der Waals surface area contributed by atoms with Crippen molar-refractivity contribution in [3.8, 4) is 17.2 Å². The number of carbonyl (C=O) groups is 1. The SMILES string of the molecule is COCC(=O)N1CCN(C2=Nc3ccccc3Oc3c(OC)cccc32)CC1. The molecular weight excluding hydrogens is 358 g/mol. The maximum Gasteiger partial charge on any atom is 0.248 e. The molecule has 1 saturated heterocycles. The highest BCUT2D eigenvalue weighted by atomic mass is 16.5. The van der Waals surface area contributed by atoms with Crippen molar-refractivity contribution < 1.29 is 19.0 Å². The summed E-state index contributed by atoms with van der Waals surface area (Å²) in [4.78, 5) is 21.0. The van der Waals surface area contributed by atoms with Crippen LogP contribution in [0.3, 0.4) is 0 Å². The predicted octanol–water partition coefficient (Wildman–Crippen LogP) is 2.67. The average molecular weight is 381 g/mol. The molecule has 4 rings (SSSR count). The molecule has 0 spiro atoms. The molecule has 2 aromatic carbocycles. The van der Waals surface area contributed by atoms with Gasteiger partial charge in [-0.1, -0.05) is 18.2 Å². The number of amides is 1. The Morgan fingerprint density at radius 2 is 1.86 bits per heavy atom. The van der Waals surface area contributed by atoms with E-state index < -0.39 is 0 Å². The highest BCUT2D eigenvalue weighted by Gasteiger charge is 2.28. The lowest BCUT2D eigenvalue weighted by Gasteiger charge is -2.36. The number of aliphatic imine (C=N–C) groups is 1. The smallest absolute Gasteiger partial charge is 0.248 e. The van der Waals surface area contributed by atoms with Crippen molar-refractivity contribution in [3.05, 3.63) is 48.0 Å². The molecule has 7 nitrogen and oxygen atoms in total. The summed E-state index contributed by atoms with van der Waals surface area (Å²) >= 11 is 0. The zero-order chi connectivity index (χ0) is 19.5. The summed E-state index contributed by atoms with van der Waals surface area (Å²) in [5, 5.41) is 0. The first-order valence-electron chi connectivity index (χ1n) is 9.26. The van der Waals surface area contributed by atoms with Crippen molar-refractivity contribution >= 4 is 17.4 Å². The number of hydrogen-bond acceptors (Lipinski definition) is 6. The maximum atomic E-state index is 12.1. The van der Waals surface area contributed by atoms with Gasteiger partial charge in [0.2, 0.25) is 5.91 Å². The van der Waals surface area contributed by atoms with Crippen molar-refractivity contribution in [2.75, 3.05) is 47.0 Å². The Bertz CT molecular complexity index is 904. The number of ether oxygens (including phenoxy) is 3. The van der Waals surface area contributed by atoms with E-state index in [4.69, 9.17) is 19.2 Å². The molecule has 28 heavy (non-hydrogen) atoms. The van der Waals surface area contributed by atoms with Gasteiger partial charge in [-0.2, -0.15) is 0 Å². The standard InChI is InChI=1S/C21H23N3O4/c1-26-14-19(25)23-10-12-24(13-11-23)21-15-6-5-9-18(27-2)20(15)28-17-8-4-3-7-16(17)22-21/h3-9H,10-14H2,1-2H3. The summed E-state index contributed by atoms with van der Waals surface area (Å²) in [6.45, 7) is 2.74. The first-order chi connectivity index (χ1) is 13.7. The van der Waals surface area contributed by atoms with E-state index in [1.54, 1.807) is 7.11 Å². The van der Waals surface area contributed by atoms with Crippen LogP contribution in [0.15, 0.2) is 47.5 Å². The second-order valence-electron chi connectivity index (χ2n) is 6.64. The predicted molar refractivity (Wildman–Crippen MR) is 106 cm³/mol. The average Bonchev–Trinajstić information content (AvgIpc) is 2.90. The highest BCUT2D eigenvalue weighted by molar-refractivity contribution is 6.04. The zero-order valence-electron chi connectivity index (χ0n) is 16.1. The van der Waals surface area contributed by atoms with Crippen LogP contribution in [0.2, 0.25) is 0 Å². The van der Waals surface area contributed by atoms with Crippen LogP contribution < -0.4 is 9.47 Å². The van der Waals surface area contributed by atoms with Gasteiger partial charge >= 0.3 is 0 Å². The Balaban J connectivity index is 1.68. The molecule has 2 aromatic rings. The Labute approximate surface area is 164 Å². The minimum Gasteiger partial charge on any atom is -0.493 e. The van der Waals surface area contributed by atoms with Crippen LogP contribution in [-0.4, -0.2) is 68.5 Å². The Morgan fingerprint density at radius 1 is 1.07 bits per heavy atom. The molecule has 0 aromatic heterocycles. The lowest BCUT2D eigenvalue weighted by Crippen LogP contribution is -2.51. The van der Waals surface area contributed by atoms with Gasteiger partial charge in [0.05, 0.1) is 12.7 Å². The van der Waals surface area contributed by atoms with E-state index in [1.807, 2.05) is 47.4 Å². The number of benzene rings is 2. The molecule has 0 atom stereocenters. The van der Waals surface area contributed by atoms with Crippen LogP contribution in [-0.2, 0) is 9.53 Å².